The number of rotatable bonds is 6. The van der Waals surface area contributed by atoms with Crippen LogP contribution in [0.4, 0.5) is 5.82 Å². The van der Waals surface area contributed by atoms with Gasteiger partial charge in [0.1, 0.15) is 5.82 Å². The Hall–Kier alpha value is -1.83. The molecule has 1 aliphatic rings. The second-order valence-electron chi connectivity index (χ2n) is 6.84. The Morgan fingerprint density at radius 3 is 2.48 bits per heavy atom. The van der Waals surface area contributed by atoms with Crippen molar-refractivity contribution >= 4 is 35.8 Å². The van der Waals surface area contributed by atoms with Crippen molar-refractivity contribution in [2.75, 3.05) is 31.6 Å². The third-order valence-corrected chi connectivity index (χ3v) is 4.87. The van der Waals surface area contributed by atoms with Gasteiger partial charge in [0.05, 0.1) is 0 Å². The Balaban J connectivity index is 0.00000261. The van der Waals surface area contributed by atoms with Crippen molar-refractivity contribution in [2.45, 2.75) is 32.2 Å². The average molecular weight is 479 g/mol. The van der Waals surface area contributed by atoms with Crippen LogP contribution in [-0.4, -0.2) is 37.6 Å². The maximum Gasteiger partial charge on any atom is 0.191 e. The van der Waals surface area contributed by atoms with Crippen LogP contribution in [0.2, 0.25) is 0 Å². The van der Waals surface area contributed by atoms with Crippen LogP contribution in [0.15, 0.2) is 53.7 Å². The molecule has 1 aliphatic heterocycles. The lowest BCUT2D eigenvalue weighted by Gasteiger charge is -2.17. The van der Waals surface area contributed by atoms with E-state index in [1.54, 1.807) is 7.05 Å². The standard InChI is InChI=1S/C21H29N5.HI/c1-17(19-8-4-3-5-9-19)14-24-21(22-2)25-16-18-10-11-20(23-15-18)26-12-6-7-13-26;/h3-5,8-11,15,17H,6-7,12-14,16H2,1-2H3,(H2,22,24,25);1H. The van der Waals surface area contributed by atoms with E-state index < -0.39 is 0 Å². The first kappa shape index (κ1) is 21.5. The Kier molecular flexibility index (Phi) is 8.84. The summed E-state index contributed by atoms with van der Waals surface area (Å²) in [5.74, 6) is 2.33. The fourth-order valence-corrected chi connectivity index (χ4v) is 3.21. The summed E-state index contributed by atoms with van der Waals surface area (Å²) in [6.07, 6.45) is 4.50. The zero-order valence-electron chi connectivity index (χ0n) is 16.2. The highest BCUT2D eigenvalue weighted by Crippen LogP contribution is 2.17. The number of benzene rings is 1. The molecule has 5 nitrogen and oxygen atoms in total. The van der Waals surface area contributed by atoms with Gasteiger partial charge in [-0.1, -0.05) is 43.3 Å². The van der Waals surface area contributed by atoms with Crippen molar-refractivity contribution in [1.82, 2.24) is 15.6 Å². The first-order chi connectivity index (χ1) is 12.8. The molecule has 1 unspecified atom stereocenters. The second kappa shape index (κ2) is 11.1. The zero-order valence-corrected chi connectivity index (χ0v) is 18.5. The minimum absolute atomic E-state index is 0. The molecule has 6 heteroatoms. The largest absolute Gasteiger partial charge is 0.357 e. The molecule has 146 valence electrons. The molecule has 2 heterocycles. The number of halogens is 1. The first-order valence-electron chi connectivity index (χ1n) is 9.45. The maximum absolute atomic E-state index is 4.60. The molecule has 1 aromatic heterocycles. The highest BCUT2D eigenvalue weighted by atomic mass is 127. The van der Waals surface area contributed by atoms with E-state index in [0.29, 0.717) is 12.5 Å². The summed E-state index contributed by atoms with van der Waals surface area (Å²) in [6, 6.07) is 14.8. The molecule has 2 aromatic rings. The van der Waals surface area contributed by atoms with Gasteiger partial charge in [0.25, 0.3) is 0 Å². The van der Waals surface area contributed by atoms with E-state index in [1.165, 1.54) is 18.4 Å². The van der Waals surface area contributed by atoms with Gasteiger partial charge in [-0.3, -0.25) is 4.99 Å². The molecule has 1 fully saturated rings. The van der Waals surface area contributed by atoms with E-state index in [1.807, 2.05) is 12.3 Å². The molecule has 0 saturated carbocycles. The highest BCUT2D eigenvalue weighted by molar-refractivity contribution is 14.0. The molecule has 1 saturated heterocycles. The van der Waals surface area contributed by atoms with Gasteiger partial charge in [-0.25, -0.2) is 4.98 Å². The van der Waals surface area contributed by atoms with E-state index in [4.69, 9.17) is 0 Å². The summed E-state index contributed by atoms with van der Waals surface area (Å²) in [6.45, 7) is 6.03. The first-order valence-corrected chi connectivity index (χ1v) is 9.45. The number of guanidine groups is 1. The molecule has 1 aromatic carbocycles. The lowest BCUT2D eigenvalue weighted by Crippen LogP contribution is -2.38. The Labute approximate surface area is 179 Å². The summed E-state index contributed by atoms with van der Waals surface area (Å²) in [5, 5.41) is 6.77. The SMILES string of the molecule is CN=C(NCc1ccc(N2CCCC2)nc1)NCC(C)c1ccccc1.I. The predicted molar refractivity (Wildman–Crippen MR) is 124 cm³/mol. The van der Waals surface area contributed by atoms with Gasteiger partial charge in [0, 0.05) is 39.4 Å². The molecule has 2 N–H and O–H groups in total. The van der Waals surface area contributed by atoms with Gasteiger partial charge in [-0.05, 0) is 36.0 Å². The normalized spacial score (nSPS) is 15.2. The molecule has 0 spiro atoms. The number of hydrogen-bond donors (Lipinski definition) is 2. The van der Waals surface area contributed by atoms with Crippen LogP contribution in [0.1, 0.15) is 36.8 Å². The smallest absolute Gasteiger partial charge is 0.191 e. The van der Waals surface area contributed by atoms with Crippen molar-refractivity contribution in [3.05, 3.63) is 59.8 Å². The van der Waals surface area contributed by atoms with Crippen LogP contribution in [0, 0.1) is 0 Å². The molecule has 0 radical (unpaired) electrons. The van der Waals surface area contributed by atoms with Crippen molar-refractivity contribution in [1.29, 1.82) is 0 Å². The number of hydrogen-bond acceptors (Lipinski definition) is 3. The number of nitrogens with zero attached hydrogens (tertiary/aromatic N) is 3. The van der Waals surface area contributed by atoms with Crippen LogP contribution in [0.25, 0.3) is 0 Å². The van der Waals surface area contributed by atoms with Gasteiger partial charge >= 0.3 is 0 Å². The Bertz CT molecular complexity index is 696. The average Bonchev–Trinajstić information content (AvgIpc) is 3.24. The number of aliphatic imine (C=N–C) groups is 1. The summed E-state index contributed by atoms with van der Waals surface area (Å²) < 4.78 is 0. The Morgan fingerprint density at radius 2 is 1.85 bits per heavy atom. The van der Waals surface area contributed by atoms with Gasteiger partial charge in [0.2, 0.25) is 0 Å². The zero-order chi connectivity index (χ0) is 18.2. The molecule has 3 rings (SSSR count). The Morgan fingerprint density at radius 1 is 1.11 bits per heavy atom. The van der Waals surface area contributed by atoms with Crippen LogP contribution in [0.3, 0.4) is 0 Å². The van der Waals surface area contributed by atoms with Crippen LogP contribution >= 0.6 is 24.0 Å². The molecule has 27 heavy (non-hydrogen) atoms. The quantitative estimate of drug-likeness (QED) is 0.377. The fourth-order valence-electron chi connectivity index (χ4n) is 3.21. The number of anilines is 1. The van der Waals surface area contributed by atoms with Crippen molar-refractivity contribution in [3.63, 3.8) is 0 Å². The van der Waals surface area contributed by atoms with Crippen LogP contribution < -0.4 is 15.5 Å². The predicted octanol–water partition coefficient (Wildman–Crippen LogP) is 3.77. The minimum Gasteiger partial charge on any atom is -0.357 e. The third kappa shape index (κ3) is 6.37. The second-order valence-corrected chi connectivity index (χ2v) is 6.84. The highest BCUT2D eigenvalue weighted by Gasteiger charge is 2.13. The summed E-state index contributed by atoms with van der Waals surface area (Å²) in [7, 11) is 1.80. The lowest BCUT2D eigenvalue weighted by molar-refractivity contribution is 0.698. The van der Waals surface area contributed by atoms with Crippen molar-refractivity contribution in [2.24, 2.45) is 4.99 Å². The molecule has 0 amide bonds. The van der Waals surface area contributed by atoms with Crippen LogP contribution in [0.5, 0.6) is 0 Å². The van der Waals surface area contributed by atoms with Crippen molar-refractivity contribution < 1.29 is 0 Å². The van der Waals surface area contributed by atoms with Gasteiger partial charge in [0.15, 0.2) is 5.96 Å². The van der Waals surface area contributed by atoms with Gasteiger partial charge in [-0.15, -0.1) is 24.0 Å². The number of nitrogens with one attached hydrogen (secondary N) is 2. The van der Waals surface area contributed by atoms with Gasteiger partial charge in [-0.2, -0.15) is 0 Å². The van der Waals surface area contributed by atoms with Crippen molar-refractivity contribution in [3.8, 4) is 0 Å². The van der Waals surface area contributed by atoms with E-state index in [9.17, 15) is 0 Å². The monoisotopic (exact) mass is 479 g/mol. The third-order valence-electron chi connectivity index (χ3n) is 4.87. The summed E-state index contributed by atoms with van der Waals surface area (Å²) >= 11 is 0. The van der Waals surface area contributed by atoms with E-state index >= 15 is 0 Å². The number of pyridine rings is 1. The summed E-state index contributed by atoms with van der Waals surface area (Å²) in [4.78, 5) is 11.3. The molecule has 0 bridgehead atoms. The minimum atomic E-state index is 0. The van der Waals surface area contributed by atoms with Gasteiger partial charge < -0.3 is 15.5 Å². The number of aromatic nitrogens is 1. The molecular weight excluding hydrogens is 449 g/mol. The molecule has 1 atom stereocenters. The molecule has 0 aliphatic carbocycles. The molecular formula is C21H30IN5. The fraction of sp³-hybridized carbons (Fsp3) is 0.429. The van der Waals surface area contributed by atoms with E-state index in [2.05, 4.69) is 68.8 Å². The van der Waals surface area contributed by atoms with E-state index in [0.717, 1.165) is 37.0 Å². The summed E-state index contributed by atoms with van der Waals surface area (Å²) in [5.41, 5.74) is 2.49. The van der Waals surface area contributed by atoms with Crippen LogP contribution in [-0.2, 0) is 6.54 Å². The topological polar surface area (TPSA) is 52.6 Å². The van der Waals surface area contributed by atoms with E-state index in [-0.39, 0.29) is 24.0 Å². The maximum atomic E-state index is 4.60. The lowest BCUT2D eigenvalue weighted by atomic mass is 10.0.